The lowest BCUT2D eigenvalue weighted by Gasteiger charge is -2.18. The lowest BCUT2D eigenvalue weighted by Crippen LogP contribution is -2.00. The first-order chi connectivity index (χ1) is 13.9. The van der Waals surface area contributed by atoms with Crippen LogP contribution in [0, 0.1) is 6.92 Å². The van der Waals surface area contributed by atoms with Crippen molar-refractivity contribution in [1.29, 1.82) is 0 Å². The Kier molecular flexibility index (Phi) is 5.29. The number of hydrogen-bond acceptors (Lipinski definition) is 2. The molecule has 0 unspecified atom stereocenters. The number of halogens is 1. The summed E-state index contributed by atoms with van der Waals surface area (Å²) in [6.45, 7) is 3.73. The van der Waals surface area contributed by atoms with Gasteiger partial charge in [0.2, 0.25) is 0 Å². The van der Waals surface area contributed by atoms with Crippen molar-refractivity contribution in [3.05, 3.63) is 99.1 Å². The SMILES string of the molecule is CC(=O)c1ccc2c(c1)CCCC(c1ccc(Cl)cc1C)=C2c1ccc(N)cc1. The average molecular weight is 402 g/mol. The average Bonchev–Trinajstić information content (AvgIpc) is 2.87. The Morgan fingerprint density at radius 2 is 1.66 bits per heavy atom. The molecule has 0 fully saturated rings. The predicted octanol–water partition coefficient (Wildman–Crippen LogP) is 6.73. The highest BCUT2D eigenvalue weighted by Gasteiger charge is 2.21. The Bertz CT molecular complexity index is 1130. The van der Waals surface area contributed by atoms with E-state index in [1.165, 1.54) is 33.4 Å². The van der Waals surface area contributed by atoms with Crippen molar-refractivity contribution in [2.75, 3.05) is 5.73 Å². The quantitative estimate of drug-likeness (QED) is 0.390. The van der Waals surface area contributed by atoms with Crippen molar-refractivity contribution in [3.63, 3.8) is 0 Å². The molecule has 2 nitrogen and oxygen atoms in total. The number of carbonyl (C=O) groups is 1. The normalized spacial score (nSPS) is 13.8. The van der Waals surface area contributed by atoms with Crippen molar-refractivity contribution in [2.24, 2.45) is 0 Å². The lowest BCUT2D eigenvalue weighted by molar-refractivity contribution is 0.101. The van der Waals surface area contributed by atoms with Crippen molar-refractivity contribution in [1.82, 2.24) is 0 Å². The minimum absolute atomic E-state index is 0.101. The minimum Gasteiger partial charge on any atom is -0.399 e. The molecule has 3 heteroatoms. The lowest BCUT2D eigenvalue weighted by atomic mass is 9.86. The van der Waals surface area contributed by atoms with Crippen molar-refractivity contribution >= 4 is 34.2 Å². The molecule has 3 aromatic carbocycles. The van der Waals surface area contributed by atoms with E-state index in [4.69, 9.17) is 17.3 Å². The summed E-state index contributed by atoms with van der Waals surface area (Å²) in [5, 5.41) is 0.751. The number of hydrogen-bond donors (Lipinski definition) is 1. The van der Waals surface area contributed by atoms with Crippen molar-refractivity contribution in [3.8, 4) is 0 Å². The van der Waals surface area contributed by atoms with E-state index in [1.807, 2.05) is 30.3 Å². The topological polar surface area (TPSA) is 43.1 Å². The summed E-state index contributed by atoms with van der Waals surface area (Å²) < 4.78 is 0. The van der Waals surface area contributed by atoms with Gasteiger partial charge in [-0.05, 0) is 102 Å². The maximum Gasteiger partial charge on any atom is 0.159 e. The van der Waals surface area contributed by atoms with Gasteiger partial charge in [0.05, 0.1) is 0 Å². The third-order valence-electron chi connectivity index (χ3n) is 5.67. The highest BCUT2D eigenvalue weighted by atomic mass is 35.5. The molecule has 0 saturated heterocycles. The van der Waals surface area contributed by atoms with E-state index in [0.29, 0.717) is 0 Å². The zero-order valence-electron chi connectivity index (χ0n) is 16.8. The number of fused-ring (bicyclic) bond motifs is 1. The second kappa shape index (κ2) is 7.88. The summed E-state index contributed by atoms with van der Waals surface area (Å²) >= 11 is 6.23. The molecule has 146 valence electrons. The monoisotopic (exact) mass is 401 g/mol. The Balaban J connectivity index is 2.02. The smallest absolute Gasteiger partial charge is 0.159 e. The molecule has 4 rings (SSSR count). The van der Waals surface area contributed by atoms with Gasteiger partial charge in [-0.15, -0.1) is 0 Å². The van der Waals surface area contributed by atoms with Crippen molar-refractivity contribution in [2.45, 2.75) is 33.1 Å². The molecule has 2 N–H and O–H groups in total. The molecule has 29 heavy (non-hydrogen) atoms. The molecule has 0 bridgehead atoms. The van der Waals surface area contributed by atoms with Crippen LogP contribution in [0.15, 0.2) is 60.7 Å². The third-order valence-corrected chi connectivity index (χ3v) is 5.90. The van der Waals surface area contributed by atoms with Crippen LogP contribution in [0.25, 0.3) is 11.1 Å². The standard InChI is InChI=1S/C26H24ClNO/c1-16-14-21(27)9-13-23(16)25-5-3-4-20-15-19(17(2)29)8-12-24(20)26(25)18-6-10-22(28)11-7-18/h6-15H,3-5,28H2,1-2H3. The van der Waals surface area contributed by atoms with Crippen LogP contribution in [-0.2, 0) is 6.42 Å². The van der Waals surface area contributed by atoms with Crippen LogP contribution in [0.4, 0.5) is 5.69 Å². The van der Waals surface area contributed by atoms with Crippen LogP contribution < -0.4 is 5.73 Å². The Labute approximate surface area is 177 Å². The van der Waals surface area contributed by atoms with E-state index in [0.717, 1.165) is 41.1 Å². The van der Waals surface area contributed by atoms with Gasteiger partial charge in [0.15, 0.2) is 5.78 Å². The van der Waals surface area contributed by atoms with Crippen LogP contribution in [0.2, 0.25) is 5.02 Å². The molecular weight excluding hydrogens is 378 g/mol. The highest BCUT2D eigenvalue weighted by Crippen LogP contribution is 2.41. The molecule has 1 aliphatic carbocycles. The third kappa shape index (κ3) is 3.86. The number of ketones is 1. The maximum absolute atomic E-state index is 11.9. The van der Waals surface area contributed by atoms with E-state index < -0.39 is 0 Å². The molecule has 0 aromatic heterocycles. The first-order valence-electron chi connectivity index (χ1n) is 9.94. The van der Waals surface area contributed by atoms with Gasteiger partial charge in [-0.1, -0.05) is 41.9 Å². The summed E-state index contributed by atoms with van der Waals surface area (Å²) in [4.78, 5) is 11.9. The molecule has 3 aromatic rings. The number of benzene rings is 3. The first-order valence-corrected chi connectivity index (χ1v) is 10.3. The van der Waals surface area contributed by atoms with Gasteiger partial charge in [0.1, 0.15) is 0 Å². The number of carbonyl (C=O) groups excluding carboxylic acids is 1. The largest absolute Gasteiger partial charge is 0.399 e. The van der Waals surface area contributed by atoms with Crippen LogP contribution in [-0.4, -0.2) is 5.78 Å². The summed E-state index contributed by atoms with van der Waals surface area (Å²) in [6.07, 6.45) is 2.95. The van der Waals surface area contributed by atoms with Gasteiger partial charge in [-0.25, -0.2) is 0 Å². The van der Waals surface area contributed by atoms with Gasteiger partial charge in [0, 0.05) is 16.3 Å². The molecule has 0 spiro atoms. The minimum atomic E-state index is 0.101. The van der Waals surface area contributed by atoms with Gasteiger partial charge in [0.25, 0.3) is 0 Å². The molecule has 0 saturated carbocycles. The van der Waals surface area contributed by atoms with E-state index in [-0.39, 0.29) is 5.78 Å². The Hall–Kier alpha value is -2.84. The van der Waals surface area contributed by atoms with E-state index in [1.54, 1.807) is 6.92 Å². The number of nitrogens with two attached hydrogens (primary N) is 1. The fourth-order valence-corrected chi connectivity index (χ4v) is 4.45. The first kappa shape index (κ1) is 19.5. The van der Waals surface area contributed by atoms with Gasteiger partial charge in [-0.3, -0.25) is 4.79 Å². The fraction of sp³-hybridized carbons (Fsp3) is 0.192. The number of nitrogen functional groups attached to an aromatic ring is 1. The number of Topliss-reactive ketones (excluding diaryl/α,β-unsaturated/α-hetero) is 1. The number of allylic oxidation sites excluding steroid dienone is 1. The summed E-state index contributed by atoms with van der Waals surface area (Å²) in [5.74, 6) is 0.101. The second-order valence-electron chi connectivity index (χ2n) is 7.72. The van der Waals surface area contributed by atoms with E-state index in [2.05, 4.69) is 37.3 Å². The fourth-order valence-electron chi connectivity index (χ4n) is 4.22. The molecule has 0 heterocycles. The Morgan fingerprint density at radius 1 is 0.931 bits per heavy atom. The van der Waals surface area contributed by atoms with Crippen LogP contribution >= 0.6 is 11.6 Å². The summed E-state index contributed by atoms with van der Waals surface area (Å²) in [5.41, 5.74) is 16.0. The Morgan fingerprint density at radius 3 is 2.34 bits per heavy atom. The van der Waals surface area contributed by atoms with Gasteiger partial charge >= 0.3 is 0 Å². The number of anilines is 1. The van der Waals surface area contributed by atoms with E-state index >= 15 is 0 Å². The van der Waals surface area contributed by atoms with Gasteiger partial charge < -0.3 is 5.73 Å². The molecule has 1 aliphatic rings. The molecule has 0 amide bonds. The number of aryl methyl sites for hydroxylation is 2. The molecule has 0 radical (unpaired) electrons. The summed E-state index contributed by atoms with van der Waals surface area (Å²) in [7, 11) is 0. The van der Waals surface area contributed by atoms with Crippen LogP contribution in [0.5, 0.6) is 0 Å². The van der Waals surface area contributed by atoms with Crippen LogP contribution in [0.1, 0.15) is 57.9 Å². The van der Waals surface area contributed by atoms with Gasteiger partial charge in [-0.2, -0.15) is 0 Å². The number of rotatable bonds is 3. The predicted molar refractivity (Wildman–Crippen MR) is 122 cm³/mol. The molecule has 0 atom stereocenters. The maximum atomic E-state index is 11.9. The highest BCUT2D eigenvalue weighted by molar-refractivity contribution is 6.30. The summed E-state index contributed by atoms with van der Waals surface area (Å²) in [6, 6.07) is 20.3. The molecular formula is C26H24ClNO. The zero-order chi connectivity index (χ0) is 20.5. The van der Waals surface area contributed by atoms with E-state index in [9.17, 15) is 4.79 Å². The zero-order valence-corrected chi connectivity index (χ0v) is 17.5. The van der Waals surface area contributed by atoms with Crippen molar-refractivity contribution < 1.29 is 4.79 Å². The second-order valence-corrected chi connectivity index (χ2v) is 8.15. The van der Waals surface area contributed by atoms with Crippen LogP contribution in [0.3, 0.4) is 0 Å². The molecule has 0 aliphatic heterocycles.